The molecule has 2 fully saturated rings. The minimum atomic E-state index is -1.43. The second-order valence-corrected chi connectivity index (χ2v) is 13.4. The van der Waals surface area contributed by atoms with E-state index in [2.05, 4.69) is 0 Å². The summed E-state index contributed by atoms with van der Waals surface area (Å²) in [4.78, 5) is 54.8. The van der Waals surface area contributed by atoms with Gasteiger partial charge in [-0.1, -0.05) is 52.8 Å². The smallest absolute Gasteiger partial charge is 0.356 e. The van der Waals surface area contributed by atoms with E-state index in [4.69, 9.17) is 9.47 Å². The van der Waals surface area contributed by atoms with Crippen molar-refractivity contribution in [3.05, 3.63) is 80.6 Å². The SMILES string of the molecule is CC(C)(C)c1cc2c(=O)c3ccccc3n3c4c(OC(=O)[C@@]56CC[C@@](C)(C(=O)O5)C6(C)C)cccc4c(=O)c(c1)c23. The van der Waals surface area contributed by atoms with Gasteiger partial charge in [0.2, 0.25) is 5.60 Å². The summed E-state index contributed by atoms with van der Waals surface area (Å²) in [5.41, 5.74) is -1.35. The average molecular weight is 550 g/mol. The number of ether oxygens (including phenoxy) is 2. The molecule has 208 valence electrons. The van der Waals surface area contributed by atoms with Gasteiger partial charge in [0.1, 0.15) is 5.52 Å². The lowest BCUT2D eigenvalue weighted by atomic mass is 9.66. The zero-order valence-electron chi connectivity index (χ0n) is 24.0. The van der Waals surface area contributed by atoms with Crippen molar-refractivity contribution in [2.75, 3.05) is 0 Å². The number of hydrogen-bond donors (Lipinski definition) is 0. The van der Waals surface area contributed by atoms with Crippen molar-refractivity contribution in [1.82, 2.24) is 4.40 Å². The molecule has 2 bridgehead atoms. The number of rotatable bonds is 2. The molecule has 3 heterocycles. The van der Waals surface area contributed by atoms with Crippen molar-refractivity contribution in [2.45, 2.75) is 65.4 Å². The number of carbonyl (C=O) groups is 2. The predicted octanol–water partition coefficient (Wildman–Crippen LogP) is 5.88. The Kier molecular flexibility index (Phi) is 4.84. The molecule has 0 N–H and O–H groups in total. The monoisotopic (exact) mass is 549 g/mol. The molecule has 2 atom stereocenters. The molecule has 1 aliphatic heterocycles. The molecule has 1 saturated heterocycles. The van der Waals surface area contributed by atoms with E-state index >= 15 is 0 Å². The molecule has 2 aliphatic rings. The third kappa shape index (κ3) is 2.99. The zero-order chi connectivity index (χ0) is 29.3. The summed E-state index contributed by atoms with van der Waals surface area (Å²) in [7, 11) is 0. The van der Waals surface area contributed by atoms with Crippen molar-refractivity contribution in [3.63, 3.8) is 0 Å². The quantitative estimate of drug-likeness (QED) is 0.118. The van der Waals surface area contributed by atoms with Gasteiger partial charge in [0, 0.05) is 21.6 Å². The molecule has 1 saturated carbocycles. The molecule has 0 spiro atoms. The summed E-state index contributed by atoms with van der Waals surface area (Å²) in [5.74, 6) is -0.885. The Morgan fingerprint density at radius 3 is 2.07 bits per heavy atom. The topological polar surface area (TPSA) is 91.2 Å². The molecular weight excluding hydrogens is 518 g/mol. The van der Waals surface area contributed by atoms with Crippen molar-refractivity contribution in [3.8, 4) is 5.75 Å². The van der Waals surface area contributed by atoms with Gasteiger partial charge in [-0.15, -0.1) is 0 Å². The standard InChI is InChI=1S/C34H31NO6/c1-31(2,3)18-16-21-25-22(17-18)28(37)20-11-9-13-24(26(20)35(25)23-12-8-7-10-19(23)27(21)36)40-30(39)34-15-14-33(6,29(38)41-34)32(34,4)5/h7-13,16-17H,14-15H2,1-6H3/t33-,34+/m0/s1. The molecule has 5 aromatic rings. The van der Waals surface area contributed by atoms with Gasteiger partial charge >= 0.3 is 11.9 Å². The molecule has 7 nitrogen and oxygen atoms in total. The summed E-state index contributed by atoms with van der Waals surface area (Å²) in [6, 6.07) is 16.0. The van der Waals surface area contributed by atoms with Gasteiger partial charge in [0.05, 0.1) is 21.8 Å². The van der Waals surface area contributed by atoms with Crippen LogP contribution in [0.1, 0.15) is 59.9 Å². The van der Waals surface area contributed by atoms with E-state index in [0.29, 0.717) is 50.9 Å². The van der Waals surface area contributed by atoms with Gasteiger partial charge in [-0.2, -0.15) is 0 Å². The normalized spacial score (nSPS) is 23.6. The number of aromatic nitrogens is 1. The first-order valence-corrected chi connectivity index (χ1v) is 14.0. The zero-order valence-corrected chi connectivity index (χ0v) is 24.0. The largest absolute Gasteiger partial charge is 0.446 e. The Bertz CT molecular complexity index is 2100. The van der Waals surface area contributed by atoms with Gasteiger partial charge < -0.3 is 13.9 Å². The molecule has 1 aliphatic carbocycles. The summed E-state index contributed by atoms with van der Waals surface area (Å²) in [6.45, 7) is 11.7. The first-order valence-electron chi connectivity index (χ1n) is 14.0. The minimum Gasteiger partial charge on any atom is -0.446 e. The average Bonchev–Trinajstić information content (AvgIpc) is 3.22. The number of nitrogens with zero attached hydrogens (tertiary/aromatic N) is 1. The van der Waals surface area contributed by atoms with Gasteiger partial charge in [-0.25, -0.2) is 4.79 Å². The maximum absolute atomic E-state index is 14.1. The highest BCUT2D eigenvalue weighted by Gasteiger charge is 2.76. The number of carbonyl (C=O) groups excluding carboxylic acids is 2. The fraction of sp³-hybridized carbons (Fsp3) is 0.353. The van der Waals surface area contributed by atoms with Crippen LogP contribution in [-0.2, 0) is 19.7 Å². The lowest BCUT2D eigenvalue weighted by Gasteiger charge is -2.34. The second-order valence-electron chi connectivity index (χ2n) is 13.4. The highest BCUT2D eigenvalue weighted by molar-refractivity contribution is 6.09. The van der Waals surface area contributed by atoms with Crippen molar-refractivity contribution < 1.29 is 19.1 Å². The maximum Gasteiger partial charge on any atom is 0.356 e. The van der Waals surface area contributed by atoms with E-state index in [9.17, 15) is 19.2 Å². The highest BCUT2D eigenvalue weighted by Crippen LogP contribution is 2.65. The van der Waals surface area contributed by atoms with E-state index < -0.39 is 28.4 Å². The third-order valence-electron chi connectivity index (χ3n) is 10.2. The first kappa shape index (κ1) is 25.7. The summed E-state index contributed by atoms with van der Waals surface area (Å²) in [6.07, 6.45) is 0.881. The molecule has 7 heteroatoms. The van der Waals surface area contributed by atoms with Crippen LogP contribution in [0.25, 0.3) is 38.1 Å². The van der Waals surface area contributed by atoms with Crippen LogP contribution >= 0.6 is 0 Å². The van der Waals surface area contributed by atoms with E-state index in [0.717, 1.165) is 5.56 Å². The summed E-state index contributed by atoms with van der Waals surface area (Å²) < 4.78 is 13.8. The fourth-order valence-electron chi connectivity index (χ4n) is 7.06. The Balaban J connectivity index is 1.57. The summed E-state index contributed by atoms with van der Waals surface area (Å²) >= 11 is 0. The lowest BCUT2D eigenvalue weighted by molar-refractivity contribution is -0.176. The number of pyridine rings is 2. The molecule has 2 aromatic heterocycles. The Labute approximate surface area is 236 Å². The van der Waals surface area contributed by atoms with Crippen LogP contribution in [0.15, 0.2) is 64.2 Å². The van der Waals surface area contributed by atoms with E-state index in [1.807, 2.05) is 76.3 Å². The number of para-hydroxylation sites is 2. The van der Waals surface area contributed by atoms with Gasteiger partial charge in [-0.05, 0) is 67.1 Å². The third-order valence-corrected chi connectivity index (χ3v) is 10.2. The number of hydrogen-bond acceptors (Lipinski definition) is 6. The van der Waals surface area contributed by atoms with E-state index in [-0.39, 0.29) is 22.0 Å². The lowest BCUT2D eigenvalue weighted by Crippen LogP contribution is -2.50. The second kappa shape index (κ2) is 7.72. The first-order chi connectivity index (χ1) is 19.2. The highest BCUT2D eigenvalue weighted by atomic mass is 16.6. The molecule has 7 rings (SSSR count). The van der Waals surface area contributed by atoms with Gasteiger partial charge in [0.15, 0.2) is 16.6 Å². The van der Waals surface area contributed by atoms with Gasteiger partial charge in [-0.3, -0.25) is 14.4 Å². The molecular formula is C34H31NO6. The summed E-state index contributed by atoms with van der Waals surface area (Å²) in [5, 5.41) is 1.72. The molecule has 0 unspecified atom stereocenters. The number of fused-ring (bicyclic) bond motifs is 6. The van der Waals surface area contributed by atoms with E-state index in [1.54, 1.807) is 24.3 Å². The van der Waals surface area contributed by atoms with Crippen LogP contribution in [0.5, 0.6) is 5.75 Å². The van der Waals surface area contributed by atoms with Crippen LogP contribution < -0.4 is 15.6 Å². The maximum atomic E-state index is 14.1. The Morgan fingerprint density at radius 2 is 1.46 bits per heavy atom. The van der Waals surface area contributed by atoms with Crippen LogP contribution in [0.2, 0.25) is 0 Å². The van der Waals surface area contributed by atoms with Crippen LogP contribution in [-0.4, -0.2) is 21.9 Å². The molecule has 41 heavy (non-hydrogen) atoms. The van der Waals surface area contributed by atoms with Gasteiger partial charge in [0.25, 0.3) is 0 Å². The minimum absolute atomic E-state index is 0.159. The van der Waals surface area contributed by atoms with Crippen LogP contribution in [0.3, 0.4) is 0 Å². The van der Waals surface area contributed by atoms with Crippen LogP contribution in [0.4, 0.5) is 0 Å². The number of benzene rings is 3. The molecule has 0 amide bonds. The van der Waals surface area contributed by atoms with Crippen LogP contribution in [0, 0.1) is 10.8 Å². The fourth-order valence-corrected chi connectivity index (χ4v) is 7.06. The predicted molar refractivity (Wildman–Crippen MR) is 158 cm³/mol. The Morgan fingerprint density at radius 1 is 0.829 bits per heavy atom. The Hall–Kier alpha value is -4.26. The van der Waals surface area contributed by atoms with Crippen molar-refractivity contribution in [1.29, 1.82) is 0 Å². The number of esters is 2. The van der Waals surface area contributed by atoms with Crippen molar-refractivity contribution in [2.24, 2.45) is 10.8 Å². The van der Waals surface area contributed by atoms with Crippen molar-refractivity contribution >= 4 is 50.0 Å². The molecule has 0 radical (unpaired) electrons. The van der Waals surface area contributed by atoms with E-state index in [1.165, 1.54) is 0 Å². The molecule has 3 aromatic carbocycles.